The van der Waals surface area contributed by atoms with Crippen LogP contribution >= 0.6 is 0 Å². The second kappa shape index (κ2) is 5.42. The van der Waals surface area contributed by atoms with Gasteiger partial charge in [-0.1, -0.05) is 24.3 Å². The highest BCUT2D eigenvalue weighted by Crippen LogP contribution is 2.37. The second-order valence-corrected chi connectivity index (χ2v) is 4.87. The van der Waals surface area contributed by atoms with Crippen LogP contribution in [0.5, 0.6) is 0 Å². The second-order valence-electron chi connectivity index (χ2n) is 4.87. The molecule has 0 aliphatic carbocycles. The molecule has 116 valence electrons. The molecule has 0 radical (unpaired) electrons. The lowest BCUT2D eigenvalue weighted by atomic mass is 9.88. The topological polar surface area (TPSA) is 73.2 Å². The average Bonchev–Trinajstić information content (AvgIpc) is 2.48. The smallest absolute Gasteiger partial charge is 0.319 e. The van der Waals surface area contributed by atoms with E-state index in [0.717, 1.165) is 18.3 Å². The number of carboxylic acid groups (broad SMARTS) is 1. The van der Waals surface area contributed by atoms with Crippen molar-refractivity contribution >= 4 is 5.97 Å². The van der Waals surface area contributed by atoms with Crippen molar-refractivity contribution in [3.8, 4) is 11.3 Å². The third-order valence-electron chi connectivity index (χ3n) is 3.34. The fourth-order valence-electron chi connectivity index (χ4n) is 1.89. The Morgan fingerprint density at radius 2 is 1.77 bits per heavy atom. The van der Waals surface area contributed by atoms with E-state index in [-0.39, 0.29) is 5.56 Å². The Balaban J connectivity index is 2.36. The summed E-state index contributed by atoms with van der Waals surface area (Å²) in [7, 11) is 0. The number of aliphatic hydroxyl groups is 1. The first-order chi connectivity index (χ1) is 10.2. The molecule has 0 saturated carbocycles. The molecule has 1 aromatic carbocycles. The van der Waals surface area contributed by atoms with Crippen molar-refractivity contribution in [1.29, 1.82) is 0 Å². The molecule has 1 heterocycles. The average molecular weight is 310 g/mol. The van der Waals surface area contributed by atoms with Gasteiger partial charge < -0.3 is 15.0 Å². The van der Waals surface area contributed by atoms with Crippen LogP contribution < -0.4 is 5.11 Å². The van der Waals surface area contributed by atoms with Crippen molar-refractivity contribution in [3.05, 3.63) is 54.0 Å². The van der Waals surface area contributed by atoms with Gasteiger partial charge in [0.25, 0.3) is 0 Å². The van der Waals surface area contributed by atoms with E-state index >= 15 is 0 Å². The van der Waals surface area contributed by atoms with Crippen LogP contribution in [0, 0.1) is 5.82 Å². The van der Waals surface area contributed by atoms with Gasteiger partial charge in [-0.05, 0) is 24.6 Å². The molecule has 0 aliphatic heterocycles. The molecule has 4 nitrogen and oxygen atoms in total. The fraction of sp³-hybridized carbons (Fsp3) is 0.200. The molecule has 1 N–H and O–H groups in total. The van der Waals surface area contributed by atoms with Crippen LogP contribution in [0.4, 0.5) is 13.2 Å². The van der Waals surface area contributed by atoms with Crippen molar-refractivity contribution in [3.63, 3.8) is 0 Å². The zero-order valence-electron chi connectivity index (χ0n) is 11.4. The predicted octanol–water partition coefficient (Wildman–Crippen LogP) is 1.48. The highest BCUT2D eigenvalue weighted by atomic mass is 19.3. The number of benzene rings is 1. The van der Waals surface area contributed by atoms with Crippen LogP contribution in [0.2, 0.25) is 0 Å². The molecule has 0 bridgehead atoms. The zero-order valence-corrected chi connectivity index (χ0v) is 11.4. The van der Waals surface area contributed by atoms with E-state index in [1.165, 1.54) is 24.3 Å². The first kappa shape index (κ1) is 16.0. The summed E-state index contributed by atoms with van der Waals surface area (Å²) in [6, 6.07) is 7.63. The number of hydrogen-bond donors (Lipinski definition) is 1. The summed E-state index contributed by atoms with van der Waals surface area (Å²) in [5.74, 6) is -7.64. The van der Waals surface area contributed by atoms with Crippen LogP contribution in [0.3, 0.4) is 0 Å². The third kappa shape index (κ3) is 2.67. The number of aromatic nitrogens is 1. The predicted molar refractivity (Wildman–Crippen MR) is 69.2 cm³/mol. The number of carbonyl (C=O) groups is 1. The van der Waals surface area contributed by atoms with Crippen molar-refractivity contribution < 1.29 is 28.2 Å². The van der Waals surface area contributed by atoms with Gasteiger partial charge in [0.15, 0.2) is 5.60 Å². The van der Waals surface area contributed by atoms with Crippen molar-refractivity contribution in [1.82, 2.24) is 4.98 Å². The maximum atomic E-state index is 13.5. The van der Waals surface area contributed by atoms with E-state index in [2.05, 4.69) is 4.98 Å². The standard InChI is InChI=1S/C15H12F3NO3/c1-14(22,15(17,18)13(20)21)10-4-2-9(3-5-10)12-7-6-11(16)8-19-12/h2-8,22H,1H3,(H,20,21)/p-1. The molecular weight excluding hydrogens is 299 g/mol. The first-order valence-corrected chi connectivity index (χ1v) is 6.20. The van der Waals surface area contributed by atoms with Gasteiger partial charge >= 0.3 is 5.92 Å². The van der Waals surface area contributed by atoms with Gasteiger partial charge in [0.05, 0.1) is 11.9 Å². The number of alkyl halides is 2. The summed E-state index contributed by atoms with van der Waals surface area (Å²) in [6.45, 7) is 0.688. The van der Waals surface area contributed by atoms with Crippen LogP contribution in [-0.4, -0.2) is 22.0 Å². The van der Waals surface area contributed by atoms with Crippen molar-refractivity contribution in [2.24, 2.45) is 0 Å². The third-order valence-corrected chi connectivity index (χ3v) is 3.34. The highest BCUT2D eigenvalue weighted by molar-refractivity contribution is 5.75. The normalized spacial score (nSPS) is 14.4. The minimum Gasteiger partial charge on any atom is -0.544 e. The number of carbonyl (C=O) groups excluding carboxylic acids is 1. The molecule has 7 heteroatoms. The van der Waals surface area contributed by atoms with Crippen LogP contribution in [-0.2, 0) is 10.4 Å². The summed E-state index contributed by atoms with van der Waals surface area (Å²) >= 11 is 0. The molecule has 0 aliphatic rings. The van der Waals surface area contributed by atoms with Gasteiger partial charge in [-0.3, -0.25) is 4.98 Å². The maximum Gasteiger partial charge on any atom is 0.319 e. The number of pyridine rings is 1. The number of nitrogens with zero attached hydrogens (tertiary/aromatic N) is 1. The summed E-state index contributed by atoms with van der Waals surface area (Å²) in [5, 5.41) is 20.3. The lowest BCUT2D eigenvalue weighted by Gasteiger charge is -2.33. The van der Waals surface area contributed by atoms with E-state index in [4.69, 9.17) is 0 Å². The van der Waals surface area contributed by atoms with Gasteiger partial charge in [0.2, 0.25) is 0 Å². The minimum atomic E-state index is -4.46. The lowest BCUT2D eigenvalue weighted by molar-refractivity contribution is -0.344. The minimum absolute atomic E-state index is 0.299. The van der Waals surface area contributed by atoms with Crippen LogP contribution in [0.25, 0.3) is 11.3 Å². The first-order valence-electron chi connectivity index (χ1n) is 6.20. The largest absolute Gasteiger partial charge is 0.544 e. The Labute approximate surface area is 123 Å². The molecule has 1 unspecified atom stereocenters. The Morgan fingerprint density at radius 3 is 2.23 bits per heavy atom. The van der Waals surface area contributed by atoms with Gasteiger partial charge in [-0.15, -0.1) is 0 Å². The summed E-state index contributed by atoms with van der Waals surface area (Å²) < 4.78 is 39.8. The Kier molecular flexibility index (Phi) is 3.93. The summed E-state index contributed by atoms with van der Waals surface area (Å²) in [4.78, 5) is 14.3. The number of aliphatic carboxylic acids is 1. The van der Waals surface area contributed by atoms with Crippen LogP contribution in [0.15, 0.2) is 42.6 Å². The Hall–Kier alpha value is -2.41. The molecule has 1 atom stereocenters. The fourth-order valence-corrected chi connectivity index (χ4v) is 1.89. The Bertz CT molecular complexity index is 682. The van der Waals surface area contributed by atoms with E-state index in [1.54, 1.807) is 0 Å². The lowest BCUT2D eigenvalue weighted by Crippen LogP contribution is -2.54. The molecule has 0 saturated heterocycles. The summed E-state index contributed by atoms with van der Waals surface area (Å²) in [6.07, 6.45) is 1.00. The maximum absolute atomic E-state index is 13.5. The molecule has 22 heavy (non-hydrogen) atoms. The quantitative estimate of drug-likeness (QED) is 0.928. The van der Waals surface area contributed by atoms with Gasteiger partial charge in [0, 0.05) is 5.56 Å². The molecule has 0 fully saturated rings. The van der Waals surface area contributed by atoms with E-state index in [1.807, 2.05) is 0 Å². The number of hydrogen-bond acceptors (Lipinski definition) is 4. The Morgan fingerprint density at radius 1 is 1.18 bits per heavy atom. The molecule has 2 aromatic rings. The van der Waals surface area contributed by atoms with E-state index in [0.29, 0.717) is 18.2 Å². The number of carboxylic acids is 1. The molecule has 0 spiro atoms. The van der Waals surface area contributed by atoms with Crippen molar-refractivity contribution in [2.45, 2.75) is 18.4 Å². The highest BCUT2D eigenvalue weighted by Gasteiger charge is 2.51. The van der Waals surface area contributed by atoms with Gasteiger partial charge in [-0.2, -0.15) is 8.78 Å². The zero-order chi connectivity index (χ0) is 16.5. The van der Waals surface area contributed by atoms with E-state index in [9.17, 15) is 28.2 Å². The van der Waals surface area contributed by atoms with Crippen LogP contribution in [0.1, 0.15) is 12.5 Å². The number of rotatable bonds is 4. The molecular formula is C15H11F3NO3-. The van der Waals surface area contributed by atoms with Gasteiger partial charge in [0.1, 0.15) is 11.8 Å². The molecule has 1 aromatic heterocycles. The molecule has 0 amide bonds. The molecule has 2 rings (SSSR count). The summed E-state index contributed by atoms with van der Waals surface area (Å²) in [5.41, 5.74) is -2.33. The monoisotopic (exact) mass is 310 g/mol. The van der Waals surface area contributed by atoms with Gasteiger partial charge in [-0.25, -0.2) is 4.39 Å². The number of halogens is 3. The SMILES string of the molecule is CC(O)(c1ccc(-c2ccc(F)cn2)cc1)C(F)(F)C(=O)[O-]. The van der Waals surface area contributed by atoms with Crippen molar-refractivity contribution in [2.75, 3.05) is 0 Å². The van der Waals surface area contributed by atoms with E-state index < -0.39 is 23.3 Å².